The van der Waals surface area contributed by atoms with Crippen molar-refractivity contribution in [1.82, 2.24) is 5.32 Å². The van der Waals surface area contributed by atoms with Crippen LogP contribution in [0.1, 0.15) is 23.6 Å². The molecule has 0 bridgehead atoms. The normalized spacial score (nSPS) is 11.7. The molecule has 0 fully saturated rings. The molecule has 0 spiro atoms. The Hall–Kier alpha value is -2.60. The van der Waals surface area contributed by atoms with Gasteiger partial charge in [-0.1, -0.05) is 41.9 Å². The highest BCUT2D eigenvalue weighted by atomic mass is 35.5. The number of halogens is 2. The number of fused-ring (bicyclic) bond motifs is 1. The third-order valence-corrected chi connectivity index (χ3v) is 5.11. The van der Waals surface area contributed by atoms with Crippen molar-refractivity contribution in [3.05, 3.63) is 82.4 Å². The van der Waals surface area contributed by atoms with Crippen LogP contribution >= 0.6 is 24.0 Å². The topological polar surface area (TPSA) is 49.0 Å². The fourth-order valence-corrected chi connectivity index (χ4v) is 3.41. The summed E-state index contributed by atoms with van der Waals surface area (Å²) in [6, 6.07) is 19.7. The van der Waals surface area contributed by atoms with Gasteiger partial charge < -0.3 is 24.3 Å². The van der Waals surface area contributed by atoms with Crippen molar-refractivity contribution in [3.8, 4) is 23.0 Å². The first-order chi connectivity index (χ1) is 14.7. The lowest BCUT2D eigenvalue weighted by atomic mass is 10.1. The van der Waals surface area contributed by atoms with Crippen molar-refractivity contribution >= 4 is 24.0 Å². The summed E-state index contributed by atoms with van der Waals surface area (Å²) in [5, 5.41) is 4.15. The third-order valence-electron chi connectivity index (χ3n) is 4.74. The zero-order valence-electron chi connectivity index (χ0n) is 17.2. The Morgan fingerprint density at radius 2 is 1.61 bits per heavy atom. The number of hydrogen-bond acceptors (Lipinski definition) is 5. The Morgan fingerprint density at radius 3 is 2.42 bits per heavy atom. The molecule has 164 valence electrons. The Bertz CT molecular complexity index is 1010. The van der Waals surface area contributed by atoms with Crippen LogP contribution in [0.3, 0.4) is 0 Å². The molecule has 0 aliphatic carbocycles. The van der Waals surface area contributed by atoms with Crippen LogP contribution in [0.15, 0.2) is 60.7 Å². The summed E-state index contributed by atoms with van der Waals surface area (Å²) in [6.45, 7) is 4.64. The Labute approximate surface area is 193 Å². The molecule has 0 aromatic heterocycles. The average molecular weight is 462 g/mol. The molecule has 1 N–H and O–H groups in total. The minimum absolute atomic E-state index is 0. The fourth-order valence-electron chi connectivity index (χ4n) is 3.22. The van der Waals surface area contributed by atoms with E-state index in [1.165, 1.54) is 0 Å². The third kappa shape index (κ3) is 5.97. The number of ether oxygens (including phenoxy) is 4. The van der Waals surface area contributed by atoms with Crippen molar-refractivity contribution in [2.24, 2.45) is 0 Å². The Kier molecular flexibility index (Phi) is 8.29. The number of rotatable bonds is 9. The molecule has 3 aromatic rings. The lowest BCUT2D eigenvalue weighted by molar-refractivity contribution is 0.174. The lowest BCUT2D eigenvalue weighted by Gasteiger charge is -2.14. The van der Waals surface area contributed by atoms with Crippen LogP contribution in [0.25, 0.3) is 0 Å². The van der Waals surface area contributed by atoms with Crippen molar-refractivity contribution in [1.29, 1.82) is 0 Å². The van der Waals surface area contributed by atoms with Crippen molar-refractivity contribution < 1.29 is 18.9 Å². The highest BCUT2D eigenvalue weighted by Gasteiger charge is 2.13. The predicted octanol–water partition coefficient (Wildman–Crippen LogP) is 5.76. The van der Waals surface area contributed by atoms with Gasteiger partial charge in [-0.05, 0) is 48.4 Å². The second-order valence-electron chi connectivity index (χ2n) is 6.89. The van der Waals surface area contributed by atoms with Gasteiger partial charge in [-0.15, -0.1) is 12.4 Å². The van der Waals surface area contributed by atoms with E-state index in [0.717, 1.165) is 40.5 Å². The number of hydrogen-bond donors (Lipinski definition) is 1. The summed E-state index contributed by atoms with van der Waals surface area (Å²) in [6.07, 6.45) is 0. The maximum Gasteiger partial charge on any atom is 0.231 e. The Balaban J connectivity index is 0.00000272. The molecule has 1 aliphatic rings. The van der Waals surface area contributed by atoms with Gasteiger partial charge in [0.2, 0.25) is 6.79 Å². The van der Waals surface area contributed by atoms with Gasteiger partial charge in [0.25, 0.3) is 0 Å². The van der Waals surface area contributed by atoms with Gasteiger partial charge in [0, 0.05) is 23.7 Å². The van der Waals surface area contributed by atoms with E-state index >= 15 is 0 Å². The van der Waals surface area contributed by atoms with E-state index in [2.05, 4.69) is 5.32 Å². The van der Waals surface area contributed by atoms with E-state index in [4.69, 9.17) is 30.5 Å². The van der Waals surface area contributed by atoms with Crippen LogP contribution < -0.4 is 24.3 Å². The quantitative estimate of drug-likeness (QED) is 0.438. The van der Waals surface area contributed by atoms with Crippen LogP contribution in [-0.2, 0) is 19.7 Å². The molecular formula is C24H25Cl2NO4. The molecule has 1 aliphatic heterocycles. The van der Waals surface area contributed by atoms with E-state index in [0.29, 0.717) is 30.5 Å². The van der Waals surface area contributed by atoms with Gasteiger partial charge in [0.15, 0.2) is 23.0 Å². The van der Waals surface area contributed by atoms with Crippen molar-refractivity contribution in [2.75, 3.05) is 13.4 Å². The first-order valence-corrected chi connectivity index (χ1v) is 10.3. The second kappa shape index (κ2) is 11.1. The SMILES string of the molecule is CCOc1cc(CNCc2ccc3c(c2)OCO3)ccc1OCc1ccccc1Cl.Cl. The molecule has 4 rings (SSSR count). The molecule has 0 saturated carbocycles. The van der Waals surface area contributed by atoms with Crippen LogP contribution in [0.2, 0.25) is 5.02 Å². The van der Waals surface area contributed by atoms with Gasteiger partial charge >= 0.3 is 0 Å². The van der Waals surface area contributed by atoms with E-state index in [1.807, 2.05) is 67.6 Å². The molecule has 5 nitrogen and oxygen atoms in total. The molecule has 0 atom stereocenters. The molecule has 31 heavy (non-hydrogen) atoms. The van der Waals surface area contributed by atoms with Gasteiger partial charge in [-0.3, -0.25) is 0 Å². The molecule has 0 radical (unpaired) electrons. The molecule has 0 unspecified atom stereocenters. The first kappa shape index (κ1) is 23.1. The second-order valence-corrected chi connectivity index (χ2v) is 7.29. The van der Waals surface area contributed by atoms with Crippen LogP contribution in [0, 0.1) is 0 Å². The molecular weight excluding hydrogens is 437 g/mol. The summed E-state index contributed by atoms with van der Waals surface area (Å²) < 4.78 is 22.6. The smallest absolute Gasteiger partial charge is 0.231 e. The van der Waals surface area contributed by atoms with Crippen LogP contribution in [-0.4, -0.2) is 13.4 Å². The summed E-state index contributed by atoms with van der Waals surface area (Å²) in [5.74, 6) is 3.03. The maximum atomic E-state index is 6.22. The minimum Gasteiger partial charge on any atom is -0.490 e. The molecule has 1 heterocycles. The summed E-state index contributed by atoms with van der Waals surface area (Å²) >= 11 is 6.22. The molecule has 0 amide bonds. The van der Waals surface area contributed by atoms with Gasteiger partial charge in [0.05, 0.1) is 6.61 Å². The van der Waals surface area contributed by atoms with Gasteiger partial charge in [0.1, 0.15) is 6.61 Å². The average Bonchev–Trinajstić information content (AvgIpc) is 3.22. The summed E-state index contributed by atoms with van der Waals surface area (Å²) in [5.41, 5.74) is 3.20. The van der Waals surface area contributed by atoms with Crippen LogP contribution in [0.5, 0.6) is 23.0 Å². The number of nitrogens with one attached hydrogen (secondary N) is 1. The predicted molar refractivity (Wildman–Crippen MR) is 124 cm³/mol. The highest BCUT2D eigenvalue weighted by Crippen LogP contribution is 2.33. The monoisotopic (exact) mass is 461 g/mol. The lowest BCUT2D eigenvalue weighted by Crippen LogP contribution is -2.13. The largest absolute Gasteiger partial charge is 0.490 e. The van der Waals surface area contributed by atoms with E-state index in [-0.39, 0.29) is 19.2 Å². The first-order valence-electron chi connectivity index (χ1n) is 9.94. The molecule has 0 saturated heterocycles. The molecule has 7 heteroatoms. The van der Waals surface area contributed by atoms with E-state index < -0.39 is 0 Å². The van der Waals surface area contributed by atoms with Gasteiger partial charge in [-0.2, -0.15) is 0 Å². The van der Waals surface area contributed by atoms with Crippen molar-refractivity contribution in [3.63, 3.8) is 0 Å². The fraction of sp³-hybridized carbons (Fsp3) is 0.250. The minimum atomic E-state index is 0. The molecule has 3 aromatic carbocycles. The standard InChI is InChI=1S/C24H24ClNO4.ClH/c1-2-27-23-11-17(7-9-21(23)28-15-19-5-3-4-6-20(19)25)13-26-14-18-8-10-22-24(12-18)30-16-29-22;/h3-12,26H,2,13-16H2,1H3;1H. The number of benzene rings is 3. The Morgan fingerprint density at radius 1 is 0.871 bits per heavy atom. The zero-order valence-corrected chi connectivity index (χ0v) is 18.8. The summed E-state index contributed by atoms with van der Waals surface area (Å²) in [7, 11) is 0. The zero-order chi connectivity index (χ0) is 20.8. The van der Waals surface area contributed by atoms with Crippen LogP contribution in [0.4, 0.5) is 0 Å². The van der Waals surface area contributed by atoms with Gasteiger partial charge in [-0.25, -0.2) is 0 Å². The van der Waals surface area contributed by atoms with E-state index in [1.54, 1.807) is 0 Å². The van der Waals surface area contributed by atoms with Crippen molar-refractivity contribution in [2.45, 2.75) is 26.6 Å². The highest BCUT2D eigenvalue weighted by molar-refractivity contribution is 6.31. The van der Waals surface area contributed by atoms with E-state index in [9.17, 15) is 0 Å². The maximum absolute atomic E-state index is 6.22. The summed E-state index contributed by atoms with van der Waals surface area (Å²) in [4.78, 5) is 0.